The number of ketones is 1. The molecule has 2 rings (SSSR count). The van der Waals surface area contributed by atoms with E-state index in [0.29, 0.717) is 29.4 Å². The first-order valence-electron chi connectivity index (χ1n) is 9.02. The Kier molecular flexibility index (Phi) is 6.56. The van der Waals surface area contributed by atoms with Crippen molar-refractivity contribution >= 4 is 23.1 Å². The molecule has 1 aromatic rings. The first-order valence-corrected chi connectivity index (χ1v) is 10.3. The molecule has 0 saturated heterocycles. The lowest BCUT2D eigenvalue weighted by Gasteiger charge is -2.27. The van der Waals surface area contributed by atoms with Crippen LogP contribution in [0.2, 0.25) is 0 Å². The summed E-state index contributed by atoms with van der Waals surface area (Å²) in [7, 11) is 0. The van der Waals surface area contributed by atoms with Crippen molar-refractivity contribution in [1.29, 1.82) is 0 Å². The van der Waals surface area contributed by atoms with Crippen LogP contribution in [0.5, 0.6) is 0 Å². The maximum Gasteiger partial charge on any atom is 0.167 e. The average molecular weight is 347 g/mol. The number of Topliss-reactive ketones (excluding diaryl/α,β-unsaturated/α-hetero) is 1. The van der Waals surface area contributed by atoms with Crippen LogP contribution in [-0.2, 0) is 17.6 Å². The Morgan fingerprint density at radius 2 is 1.79 bits per heavy atom. The van der Waals surface area contributed by atoms with Crippen molar-refractivity contribution in [3.8, 4) is 0 Å². The van der Waals surface area contributed by atoms with Crippen LogP contribution in [0.3, 0.4) is 0 Å². The molecule has 132 valence electrons. The van der Waals surface area contributed by atoms with Gasteiger partial charge in [0.15, 0.2) is 5.78 Å². The molecule has 0 heterocycles. The highest BCUT2D eigenvalue weighted by Crippen LogP contribution is 2.38. The number of aliphatic hydroxyl groups is 1. The molecular formula is C21H30O2S. The molecule has 0 spiro atoms. The lowest BCUT2D eigenvalue weighted by atomic mass is 9.79. The minimum atomic E-state index is 0.116. The van der Waals surface area contributed by atoms with E-state index >= 15 is 0 Å². The molecule has 0 aromatic heterocycles. The predicted molar refractivity (Wildman–Crippen MR) is 105 cm³/mol. The second kappa shape index (κ2) is 8.24. The number of benzene rings is 1. The summed E-state index contributed by atoms with van der Waals surface area (Å²) in [4.78, 5) is 12.9. The van der Waals surface area contributed by atoms with E-state index in [-0.39, 0.29) is 11.7 Å². The topological polar surface area (TPSA) is 37.3 Å². The normalized spacial score (nSPS) is 19.7. The van der Waals surface area contributed by atoms with Crippen molar-refractivity contribution in [1.82, 2.24) is 0 Å². The Bertz CT molecular complexity index is 620. The summed E-state index contributed by atoms with van der Waals surface area (Å²) in [5.74, 6) is 0.687. The summed E-state index contributed by atoms with van der Waals surface area (Å²) in [5.41, 5.74) is 5.18. The van der Waals surface area contributed by atoms with E-state index in [4.69, 9.17) is 0 Å². The smallest absolute Gasteiger partial charge is 0.167 e. The first-order chi connectivity index (χ1) is 11.4. The van der Waals surface area contributed by atoms with Crippen LogP contribution in [-0.4, -0.2) is 22.4 Å². The van der Waals surface area contributed by atoms with Gasteiger partial charge in [0.2, 0.25) is 0 Å². The minimum Gasteiger partial charge on any atom is -0.512 e. The molecule has 2 nitrogen and oxygen atoms in total. The van der Waals surface area contributed by atoms with Gasteiger partial charge in [0.1, 0.15) is 5.76 Å². The van der Waals surface area contributed by atoms with Gasteiger partial charge >= 0.3 is 0 Å². The van der Waals surface area contributed by atoms with Gasteiger partial charge in [-0.2, -0.15) is 11.8 Å². The van der Waals surface area contributed by atoms with E-state index in [1.165, 1.54) is 16.7 Å². The van der Waals surface area contributed by atoms with Crippen LogP contribution in [0.15, 0.2) is 17.9 Å². The number of hydrogen-bond acceptors (Lipinski definition) is 3. The Hall–Kier alpha value is -1.22. The number of aliphatic hydroxyl groups excluding tert-OH is 1. The van der Waals surface area contributed by atoms with E-state index in [1.54, 1.807) is 0 Å². The highest BCUT2D eigenvalue weighted by atomic mass is 32.2. The van der Waals surface area contributed by atoms with Gasteiger partial charge in [0.25, 0.3) is 0 Å². The Morgan fingerprint density at radius 3 is 2.25 bits per heavy atom. The first kappa shape index (κ1) is 19.1. The molecule has 24 heavy (non-hydrogen) atoms. The number of aryl methyl sites for hydroxylation is 3. The number of rotatable bonds is 6. The maximum atomic E-state index is 12.9. The molecular weight excluding hydrogens is 316 g/mol. The van der Waals surface area contributed by atoms with Gasteiger partial charge in [-0.25, -0.2) is 0 Å². The largest absolute Gasteiger partial charge is 0.512 e. The molecule has 0 amide bonds. The standard InChI is InChI=1S/C21H30O2S/c1-6-16-8-13(3)9-17(7-2)20(16)21-18(22)11-15(12-19(21)23)10-14(4)24-5/h8-9,14-15,22H,6-7,10-12H2,1-5H3. The molecule has 0 bridgehead atoms. The summed E-state index contributed by atoms with van der Waals surface area (Å²) in [5, 5.41) is 11.2. The van der Waals surface area contributed by atoms with Crippen LogP contribution in [0.25, 0.3) is 5.57 Å². The van der Waals surface area contributed by atoms with Gasteiger partial charge in [-0.1, -0.05) is 38.5 Å². The van der Waals surface area contributed by atoms with Crippen LogP contribution >= 0.6 is 11.8 Å². The van der Waals surface area contributed by atoms with Gasteiger partial charge in [0, 0.05) is 18.1 Å². The molecule has 1 N–H and O–H groups in total. The zero-order chi connectivity index (χ0) is 17.9. The molecule has 0 fully saturated rings. The highest BCUT2D eigenvalue weighted by Gasteiger charge is 2.31. The van der Waals surface area contributed by atoms with Crippen molar-refractivity contribution in [3.63, 3.8) is 0 Å². The van der Waals surface area contributed by atoms with Crippen LogP contribution in [0.4, 0.5) is 0 Å². The number of thioether (sulfide) groups is 1. The fourth-order valence-electron chi connectivity index (χ4n) is 3.81. The van der Waals surface area contributed by atoms with E-state index in [9.17, 15) is 9.90 Å². The summed E-state index contributed by atoms with van der Waals surface area (Å²) < 4.78 is 0. The Balaban J connectivity index is 2.45. The summed E-state index contributed by atoms with van der Waals surface area (Å²) in [6, 6.07) is 4.31. The van der Waals surface area contributed by atoms with Gasteiger partial charge in [0.05, 0.1) is 5.57 Å². The zero-order valence-electron chi connectivity index (χ0n) is 15.6. The van der Waals surface area contributed by atoms with E-state index in [1.807, 2.05) is 11.8 Å². The number of carbonyl (C=O) groups is 1. The fraction of sp³-hybridized carbons (Fsp3) is 0.571. The molecule has 1 aromatic carbocycles. The van der Waals surface area contributed by atoms with Crippen molar-refractivity contribution < 1.29 is 9.90 Å². The molecule has 1 aliphatic rings. The van der Waals surface area contributed by atoms with E-state index in [0.717, 1.165) is 24.8 Å². The quantitative estimate of drug-likeness (QED) is 0.738. The fourth-order valence-corrected chi connectivity index (χ4v) is 4.27. The van der Waals surface area contributed by atoms with E-state index < -0.39 is 0 Å². The number of allylic oxidation sites excluding steroid dienone is 2. The van der Waals surface area contributed by atoms with Crippen molar-refractivity contribution in [3.05, 3.63) is 40.1 Å². The van der Waals surface area contributed by atoms with Crippen LogP contribution < -0.4 is 0 Å². The molecule has 1 aliphatic carbocycles. The monoisotopic (exact) mass is 346 g/mol. The molecule has 0 aliphatic heterocycles. The average Bonchev–Trinajstić information content (AvgIpc) is 2.54. The molecule has 0 saturated carbocycles. The third kappa shape index (κ3) is 4.05. The third-order valence-corrected chi connectivity index (χ3v) is 6.05. The SMILES string of the molecule is CCc1cc(C)cc(CC)c1C1=C(O)CC(CC(C)SC)CC1=O. The predicted octanol–water partition coefficient (Wildman–Crippen LogP) is 5.51. The molecule has 3 heteroatoms. The summed E-state index contributed by atoms with van der Waals surface area (Å²) in [6.07, 6.45) is 6.03. The zero-order valence-corrected chi connectivity index (χ0v) is 16.4. The summed E-state index contributed by atoms with van der Waals surface area (Å²) >= 11 is 1.82. The van der Waals surface area contributed by atoms with Gasteiger partial charge < -0.3 is 5.11 Å². The molecule has 0 radical (unpaired) electrons. The van der Waals surface area contributed by atoms with Crippen LogP contribution in [0.1, 0.15) is 62.3 Å². The lowest BCUT2D eigenvalue weighted by Crippen LogP contribution is -2.22. The van der Waals surface area contributed by atoms with Crippen molar-refractivity contribution in [2.75, 3.05) is 6.26 Å². The van der Waals surface area contributed by atoms with Crippen molar-refractivity contribution in [2.24, 2.45) is 5.92 Å². The number of hydrogen-bond donors (Lipinski definition) is 1. The van der Waals surface area contributed by atoms with Gasteiger partial charge in [-0.3, -0.25) is 4.79 Å². The maximum absolute atomic E-state index is 12.9. The Morgan fingerprint density at radius 1 is 1.21 bits per heavy atom. The van der Waals surface area contributed by atoms with Crippen LogP contribution in [0, 0.1) is 12.8 Å². The second-order valence-corrected chi connectivity index (χ2v) is 8.24. The van der Waals surface area contributed by atoms with E-state index in [2.05, 4.69) is 46.1 Å². The van der Waals surface area contributed by atoms with Crippen molar-refractivity contribution in [2.45, 2.75) is 65.0 Å². The Labute approximate surface area is 150 Å². The highest BCUT2D eigenvalue weighted by molar-refractivity contribution is 7.99. The van der Waals surface area contributed by atoms with Gasteiger partial charge in [-0.15, -0.1) is 0 Å². The molecule has 2 atom stereocenters. The number of carbonyl (C=O) groups excluding carboxylic acids is 1. The van der Waals surface area contributed by atoms with Gasteiger partial charge in [-0.05, 0) is 55.1 Å². The second-order valence-electron chi connectivity index (χ2n) is 6.97. The minimum absolute atomic E-state index is 0.116. The summed E-state index contributed by atoms with van der Waals surface area (Å²) in [6.45, 7) is 8.52. The third-order valence-electron chi connectivity index (χ3n) is 5.05. The molecule has 2 unspecified atom stereocenters. The lowest BCUT2D eigenvalue weighted by molar-refractivity contribution is -0.115.